The van der Waals surface area contributed by atoms with Crippen LogP contribution in [0.3, 0.4) is 0 Å². The summed E-state index contributed by atoms with van der Waals surface area (Å²) in [6.45, 7) is 2.28. The topological polar surface area (TPSA) is 17.8 Å². The highest BCUT2D eigenvalue weighted by Crippen LogP contribution is 2.42. The van der Waals surface area contributed by atoms with Crippen LogP contribution in [0.5, 0.6) is 0 Å². The highest BCUT2D eigenvalue weighted by Gasteiger charge is 2.36. The number of imidazole rings is 1. The third kappa shape index (κ3) is 2.14. The molecule has 0 unspecified atom stereocenters. The molecule has 0 bridgehead atoms. The Morgan fingerprint density at radius 1 is 1.26 bits per heavy atom. The highest BCUT2D eigenvalue weighted by atomic mass is 35.5. The van der Waals surface area contributed by atoms with Gasteiger partial charge in [-0.3, -0.25) is 0 Å². The van der Waals surface area contributed by atoms with E-state index in [1.807, 2.05) is 12.1 Å². The summed E-state index contributed by atoms with van der Waals surface area (Å²) in [6, 6.07) is 3.77. The molecule has 0 aliphatic heterocycles. The lowest BCUT2D eigenvalue weighted by Gasteiger charge is -2.41. The Kier molecular flexibility index (Phi) is 3.45. The van der Waals surface area contributed by atoms with Gasteiger partial charge in [0.15, 0.2) is 0 Å². The van der Waals surface area contributed by atoms with E-state index in [0.717, 1.165) is 23.3 Å². The van der Waals surface area contributed by atoms with Crippen LogP contribution in [0, 0.1) is 0 Å². The Morgan fingerprint density at radius 2 is 1.95 bits per heavy atom. The van der Waals surface area contributed by atoms with Crippen LogP contribution in [0.2, 0.25) is 10.0 Å². The normalized spacial score (nSPS) is 17.7. The lowest BCUT2D eigenvalue weighted by atomic mass is 9.78. The maximum Gasteiger partial charge on any atom is 0.111 e. The van der Waals surface area contributed by atoms with Crippen LogP contribution >= 0.6 is 34.8 Å². The van der Waals surface area contributed by atoms with Crippen LogP contribution in [0.15, 0.2) is 12.1 Å². The first-order valence-corrected chi connectivity index (χ1v) is 7.77. The summed E-state index contributed by atoms with van der Waals surface area (Å²) in [4.78, 5) is 4.69. The van der Waals surface area contributed by atoms with Gasteiger partial charge in [-0.1, -0.05) is 23.2 Å². The van der Waals surface area contributed by atoms with Gasteiger partial charge in [0.25, 0.3) is 0 Å². The molecule has 1 aromatic carbocycles. The van der Waals surface area contributed by atoms with E-state index in [1.54, 1.807) is 0 Å². The molecule has 0 atom stereocenters. The Balaban J connectivity index is 2.25. The molecule has 5 heteroatoms. The molecule has 1 heterocycles. The Morgan fingerprint density at radius 3 is 2.53 bits per heavy atom. The molecular weight excluding hydrogens is 303 g/mol. The van der Waals surface area contributed by atoms with Crippen LogP contribution in [0.4, 0.5) is 0 Å². The number of rotatable bonds is 3. The number of benzene rings is 1. The first kappa shape index (κ1) is 13.5. The van der Waals surface area contributed by atoms with E-state index in [9.17, 15) is 0 Å². The zero-order chi connectivity index (χ0) is 13.6. The molecular formula is C14H15Cl3N2. The van der Waals surface area contributed by atoms with Crippen molar-refractivity contribution in [2.45, 2.75) is 38.1 Å². The SMILES string of the molecule is CC1(n2c(CCCl)nc3cc(Cl)c(Cl)cc32)CCC1. The zero-order valence-corrected chi connectivity index (χ0v) is 13.0. The van der Waals surface area contributed by atoms with E-state index in [4.69, 9.17) is 34.8 Å². The fourth-order valence-electron chi connectivity index (χ4n) is 2.89. The van der Waals surface area contributed by atoms with Gasteiger partial charge in [0.1, 0.15) is 5.82 Å². The van der Waals surface area contributed by atoms with Crippen molar-refractivity contribution in [1.29, 1.82) is 0 Å². The first-order valence-electron chi connectivity index (χ1n) is 6.48. The zero-order valence-electron chi connectivity index (χ0n) is 10.7. The molecule has 1 aliphatic carbocycles. The van der Waals surface area contributed by atoms with E-state index in [-0.39, 0.29) is 5.54 Å². The van der Waals surface area contributed by atoms with Crippen LogP contribution in [-0.4, -0.2) is 15.4 Å². The smallest absolute Gasteiger partial charge is 0.111 e. The Hall–Kier alpha value is -0.440. The summed E-state index contributed by atoms with van der Waals surface area (Å²) in [7, 11) is 0. The van der Waals surface area contributed by atoms with Crippen LogP contribution in [-0.2, 0) is 12.0 Å². The number of hydrogen-bond donors (Lipinski definition) is 0. The Labute approximate surface area is 127 Å². The number of aromatic nitrogens is 2. The summed E-state index contributed by atoms with van der Waals surface area (Å²) in [6.07, 6.45) is 4.38. The number of halogens is 3. The van der Waals surface area contributed by atoms with Crippen LogP contribution in [0.1, 0.15) is 32.0 Å². The van der Waals surface area contributed by atoms with Gasteiger partial charge in [0.05, 0.1) is 21.1 Å². The summed E-state index contributed by atoms with van der Waals surface area (Å²) in [5, 5.41) is 1.13. The summed E-state index contributed by atoms with van der Waals surface area (Å²) in [5.74, 6) is 1.60. The van der Waals surface area contributed by atoms with E-state index in [2.05, 4.69) is 16.5 Å². The average molecular weight is 318 g/mol. The van der Waals surface area contributed by atoms with Gasteiger partial charge in [-0.2, -0.15) is 0 Å². The molecule has 1 aliphatic rings. The first-order chi connectivity index (χ1) is 9.05. The Bertz CT molecular complexity index is 629. The predicted molar refractivity (Wildman–Crippen MR) is 81.7 cm³/mol. The van der Waals surface area contributed by atoms with Crippen LogP contribution < -0.4 is 0 Å². The fraction of sp³-hybridized carbons (Fsp3) is 0.500. The second-order valence-corrected chi connectivity index (χ2v) is 6.60. The number of hydrogen-bond acceptors (Lipinski definition) is 1. The number of aryl methyl sites for hydroxylation is 1. The molecule has 3 rings (SSSR count). The number of fused-ring (bicyclic) bond motifs is 1. The molecule has 0 spiro atoms. The fourth-order valence-corrected chi connectivity index (χ4v) is 3.37. The summed E-state index contributed by atoms with van der Waals surface area (Å²) in [5.41, 5.74) is 2.12. The third-order valence-electron chi connectivity index (χ3n) is 4.05. The van der Waals surface area contributed by atoms with Crippen LogP contribution in [0.25, 0.3) is 11.0 Å². The minimum Gasteiger partial charge on any atom is -0.322 e. The van der Waals surface area contributed by atoms with Gasteiger partial charge < -0.3 is 4.57 Å². The summed E-state index contributed by atoms with van der Waals surface area (Å²) >= 11 is 18.1. The summed E-state index contributed by atoms with van der Waals surface area (Å²) < 4.78 is 2.32. The lowest BCUT2D eigenvalue weighted by Crippen LogP contribution is -2.38. The molecule has 102 valence electrons. The minimum atomic E-state index is 0.146. The molecule has 2 aromatic rings. The van der Waals surface area contributed by atoms with Crippen molar-refractivity contribution < 1.29 is 0 Å². The second kappa shape index (κ2) is 4.83. The molecule has 1 fully saturated rings. The van der Waals surface area contributed by atoms with Crippen molar-refractivity contribution in [2.75, 3.05) is 5.88 Å². The maximum atomic E-state index is 6.16. The van der Waals surface area contributed by atoms with Gasteiger partial charge in [-0.25, -0.2) is 4.98 Å². The van der Waals surface area contributed by atoms with E-state index in [1.165, 1.54) is 19.3 Å². The average Bonchev–Trinajstić information content (AvgIpc) is 2.65. The molecule has 0 N–H and O–H groups in total. The molecule has 1 saturated carbocycles. The maximum absolute atomic E-state index is 6.16. The van der Waals surface area contributed by atoms with E-state index >= 15 is 0 Å². The molecule has 0 saturated heterocycles. The standard InChI is InChI=1S/C14H15Cl3N2/c1-14(4-2-5-14)19-12-8-10(17)9(16)7-11(12)18-13(19)3-6-15/h7-8H,2-6H2,1H3. The van der Waals surface area contributed by atoms with Gasteiger partial charge in [0, 0.05) is 17.8 Å². The molecule has 1 aromatic heterocycles. The molecule has 0 radical (unpaired) electrons. The number of alkyl halides is 1. The largest absolute Gasteiger partial charge is 0.322 e. The third-order valence-corrected chi connectivity index (χ3v) is 4.97. The van der Waals surface area contributed by atoms with Gasteiger partial charge in [-0.05, 0) is 38.3 Å². The second-order valence-electron chi connectivity index (χ2n) is 5.41. The minimum absolute atomic E-state index is 0.146. The van der Waals surface area contributed by atoms with Crippen molar-refractivity contribution in [3.63, 3.8) is 0 Å². The van der Waals surface area contributed by atoms with Crippen molar-refractivity contribution in [3.8, 4) is 0 Å². The molecule has 0 amide bonds. The van der Waals surface area contributed by atoms with Crippen molar-refractivity contribution in [3.05, 3.63) is 28.0 Å². The van der Waals surface area contributed by atoms with E-state index < -0.39 is 0 Å². The van der Waals surface area contributed by atoms with Gasteiger partial charge in [0.2, 0.25) is 0 Å². The lowest BCUT2D eigenvalue weighted by molar-refractivity contribution is 0.170. The quantitative estimate of drug-likeness (QED) is 0.726. The van der Waals surface area contributed by atoms with Gasteiger partial charge in [-0.15, -0.1) is 11.6 Å². The van der Waals surface area contributed by atoms with Crippen molar-refractivity contribution in [2.24, 2.45) is 0 Å². The van der Waals surface area contributed by atoms with E-state index in [0.29, 0.717) is 15.9 Å². The molecule has 19 heavy (non-hydrogen) atoms. The van der Waals surface area contributed by atoms with Gasteiger partial charge >= 0.3 is 0 Å². The van der Waals surface area contributed by atoms with Crippen molar-refractivity contribution in [1.82, 2.24) is 9.55 Å². The van der Waals surface area contributed by atoms with Crippen molar-refractivity contribution >= 4 is 45.8 Å². The highest BCUT2D eigenvalue weighted by molar-refractivity contribution is 6.42. The predicted octanol–water partition coefficient (Wildman–Crippen LogP) is 5.02. The molecule has 2 nitrogen and oxygen atoms in total. The number of nitrogens with zero attached hydrogens (tertiary/aromatic N) is 2. The monoisotopic (exact) mass is 316 g/mol.